The fraction of sp³-hybridized carbons (Fsp3) is 0.333. The van der Waals surface area contributed by atoms with E-state index in [-0.39, 0.29) is 5.82 Å². The summed E-state index contributed by atoms with van der Waals surface area (Å²) in [7, 11) is 0. The standard InChI is InChI=1S/C12H14FN3OS/c1-9(17)11-8-16(15-14-11)6-7-18-12-5-3-2-4-10(12)13/h2-5,8-9,17H,6-7H2,1H3. The average molecular weight is 267 g/mol. The lowest BCUT2D eigenvalue weighted by Gasteiger charge is -2.02. The summed E-state index contributed by atoms with van der Waals surface area (Å²) in [5.74, 6) is 0.495. The number of aliphatic hydroxyl groups is 1. The molecule has 0 radical (unpaired) electrons. The highest BCUT2D eigenvalue weighted by Gasteiger charge is 2.06. The molecular weight excluding hydrogens is 253 g/mol. The predicted octanol–water partition coefficient (Wildman–Crippen LogP) is 2.26. The molecule has 1 aromatic heterocycles. The lowest BCUT2D eigenvalue weighted by atomic mass is 10.3. The second-order valence-electron chi connectivity index (χ2n) is 3.86. The van der Waals surface area contributed by atoms with E-state index in [1.807, 2.05) is 6.07 Å². The summed E-state index contributed by atoms with van der Waals surface area (Å²) in [6, 6.07) is 6.68. The van der Waals surface area contributed by atoms with Gasteiger partial charge in [-0.05, 0) is 19.1 Å². The van der Waals surface area contributed by atoms with Crippen molar-refractivity contribution in [2.45, 2.75) is 24.5 Å². The summed E-state index contributed by atoms with van der Waals surface area (Å²) in [5, 5.41) is 17.0. The first-order valence-electron chi connectivity index (χ1n) is 5.62. The van der Waals surface area contributed by atoms with Gasteiger partial charge in [0.25, 0.3) is 0 Å². The van der Waals surface area contributed by atoms with Gasteiger partial charge in [0.15, 0.2) is 0 Å². The van der Waals surface area contributed by atoms with Gasteiger partial charge in [0, 0.05) is 10.6 Å². The molecule has 1 aromatic carbocycles. The van der Waals surface area contributed by atoms with Crippen molar-refractivity contribution in [1.82, 2.24) is 15.0 Å². The lowest BCUT2D eigenvalue weighted by Crippen LogP contribution is -2.01. The van der Waals surface area contributed by atoms with E-state index in [4.69, 9.17) is 0 Å². The molecule has 1 atom stereocenters. The summed E-state index contributed by atoms with van der Waals surface area (Å²) in [4.78, 5) is 0.633. The van der Waals surface area contributed by atoms with Crippen LogP contribution in [0.25, 0.3) is 0 Å². The molecule has 0 aliphatic rings. The SMILES string of the molecule is CC(O)c1cn(CCSc2ccccc2F)nn1. The molecule has 0 aliphatic heterocycles. The number of halogens is 1. The molecule has 4 nitrogen and oxygen atoms in total. The zero-order valence-electron chi connectivity index (χ0n) is 9.95. The molecule has 96 valence electrons. The molecule has 0 saturated heterocycles. The molecule has 1 heterocycles. The number of hydrogen-bond acceptors (Lipinski definition) is 4. The van der Waals surface area contributed by atoms with Gasteiger partial charge < -0.3 is 5.11 Å². The topological polar surface area (TPSA) is 50.9 Å². The number of hydrogen-bond donors (Lipinski definition) is 1. The fourth-order valence-corrected chi connectivity index (χ4v) is 2.30. The Morgan fingerprint density at radius 3 is 2.89 bits per heavy atom. The maximum Gasteiger partial charge on any atom is 0.136 e. The molecule has 1 N–H and O–H groups in total. The molecule has 0 spiro atoms. The highest BCUT2D eigenvalue weighted by atomic mass is 32.2. The second kappa shape index (κ2) is 5.97. The van der Waals surface area contributed by atoms with Gasteiger partial charge >= 0.3 is 0 Å². The Bertz CT molecular complexity index is 516. The van der Waals surface area contributed by atoms with Crippen molar-refractivity contribution in [2.24, 2.45) is 0 Å². The highest BCUT2D eigenvalue weighted by molar-refractivity contribution is 7.99. The van der Waals surface area contributed by atoms with Crippen molar-refractivity contribution < 1.29 is 9.50 Å². The van der Waals surface area contributed by atoms with Crippen LogP contribution in [-0.2, 0) is 6.54 Å². The number of aryl methyl sites for hydroxylation is 1. The normalized spacial score (nSPS) is 12.6. The number of rotatable bonds is 5. The van der Waals surface area contributed by atoms with Gasteiger partial charge in [-0.25, -0.2) is 4.39 Å². The highest BCUT2D eigenvalue weighted by Crippen LogP contribution is 2.21. The van der Waals surface area contributed by atoms with Crippen molar-refractivity contribution in [3.63, 3.8) is 0 Å². The van der Waals surface area contributed by atoms with Gasteiger partial charge in [-0.3, -0.25) is 4.68 Å². The Balaban J connectivity index is 1.87. The fourth-order valence-electron chi connectivity index (χ4n) is 1.43. The molecule has 0 saturated carbocycles. The van der Waals surface area contributed by atoms with Gasteiger partial charge in [-0.2, -0.15) is 0 Å². The van der Waals surface area contributed by atoms with E-state index in [1.165, 1.54) is 17.8 Å². The third kappa shape index (κ3) is 3.30. The number of aliphatic hydroxyl groups excluding tert-OH is 1. The minimum atomic E-state index is -0.613. The molecular formula is C12H14FN3OS. The molecule has 1 unspecified atom stereocenters. The van der Waals surface area contributed by atoms with Crippen molar-refractivity contribution in [2.75, 3.05) is 5.75 Å². The Kier molecular flexibility index (Phi) is 4.33. The zero-order valence-corrected chi connectivity index (χ0v) is 10.8. The van der Waals surface area contributed by atoms with Crippen LogP contribution in [0.4, 0.5) is 4.39 Å². The Morgan fingerprint density at radius 1 is 1.44 bits per heavy atom. The average Bonchev–Trinajstić information content (AvgIpc) is 2.80. The summed E-state index contributed by atoms with van der Waals surface area (Å²) in [6.45, 7) is 2.27. The number of benzene rings is 1. The number of thioether (sulfide) groups is 1. The van der Waals surface area contributed by atoms with Crippen molar-refractivity contribution in [3.05, 3.63) is 42.0 Å². The zero-order chi connectivity index (χ0) is 13.0. The molecule has 0 aliphatic carbocycles. The first-order valence-corrected chi connectivity index (χ1v) is 6.61. The molecule has 0 amide bonds. The van der Waals surface area contributed by atoms with Gasteiger partial charge in [0.05, 0.1) is 18.8 Å². The van der Waals surface area contributed by atoms with E-state index in [0.29, 0.717) is 22.9 Å². The third-order valence-corrected chi connectivity index (χ3v) is 3.43. The first kappa shape index (κ1) is 13.0. The number of nitrogens with zero attached hydrogens (tertiary/aromatic N) is 3. The molecule has 18 heavy (non-hydrogen) atoms. The van der Waals surface area contributed by atoms with E-state index in [0.717, 1.165) is 0 Å². The van der Waals surface area contributed by atoms with E-state index < -0.39 is 6.10 Å². The maximum atomic E-state index is 13.3. The van der Waals surface area contributed by atoms with Crippen LogP contribution in [0.3, 0.4) is 0 Å². The largest absolute Gasteiger partial charge is 0.387 e. The van der Waals surface area contributed by atoms with Crippen LogP contribution in [0.15, 0.2) is 35.4 Å². The summed E-state index contributed by atoms with van der Waals surface area (Å²) in [5.41, 5.74) is 0.547. The van der Waals surface area contributed by atoms with Gasteiger partial charge in [0.1, 0.15) is 11.5 Å². The van der Waals surface area contributed by atoms with E-state index in [2.05, 4.69) is 10.3 Å². The monoisotopic (exact) mass is 267 g/mol. The quantitative estimate of drug-likeness (QED) is 0.844. The van der Waals surface area contributed by atoms with Crippen LogP contribution in [0.2, 0.25) is 0 Å². The summed E-state index contributed by atoms with van der Waals surface area (Å²) < 4.78 is 15.0. The first-order chi connectivity index (χ1) is 8.66. The summed E-state index contributed by atoms with van der Waals surface area (Å²) >= 11 is 1.43. The van der Waals surface area contributed by atoms with Crippen LogP contribution < -0.4 is 0 Å². The molecule has 0 fully saturated rings. The van der Waals surface area contributed by atoms with Crippen molar-refractivity contribution >= 4 is 11.8 Å². The van der Waals surface area contributed by atoms with Gasteiger partial charge in [0.2, 0.25) is 0 Å². The third-order valence-electron chi connectivity index (χ3n) is 2.40. The summed E-state index contributed by atoms with van der Waals surface area (Å²) in [6.07, 6.45) is 1.09. The number of aromatic nitrogens is 3. The minimum absolute atomic E-state index is 0.203. The van der Waals surface area contributed by atoms with Crippen LogP contribution >= 0.6 is 11.8 Å². The Hall–Kier alpha value is -1.40. The van der Waals surface area contributed by atoms with E-state index in [1.54, 1.807) is 29.9 Å². The predicted molar refractivity (Wildman–Crippen MR) is 67.8 cm³/mol. The smallest absolute Gasteiger partial charge is 0.136 e. The lowest BCUT2D eigenvalue weighted by molar-refractivity contribution is 0.194. The Morgan fingerprint density at radius 2 is 2.22 bits per heavy atom. The van der Waals surface area contributed by atoms with Crippen molar-refractivity contribution in [1.29, 1.82) is 0 Å². The van der Waals surface area contributed by atoms with Gasteiger partial charge in [-0.1, -0.05) is 17.3 Å². The maximum absolute atomic E-state index is 13.3. The minimum Gasteiger partial charge on any atom is -0.387 e. The van der Waals surface area contributed by atoms with Crippen LogP contribution in [-0.4, -0.2) is 25.9 Å². The van der Waals surface area contributed by atoms with Gasteiger partial charge in [-0.15, -0.1) is 16.9 Å². The second-order valence-corrected chi connectivity index (χ2v) is 5.00. The molecule has 6 heteroatoms. The van der Waals surface area contributed by atoms with E-state index >= 15 is 0 Å². The van der Waals surface area contributed by atoms with Crippen molar-refractivity contribution in [3.8, 4) is 0 Å². The molecule has 2 aromatic rings. The van der Waals surface area contributed by atoms with Crippen LogP contribution in [0.1, 0.15) is 18.7 Å². The van der Waals surface area contributed by atoms with Crippen LogP contribution in [0.5, 0.6) is 0 Å². The van der Waals surface area contributed by atoms with Crippen LogP contribution in [0, 0.1) is 5.82 Å². The molecule has 2 rings (SSSR count). The Labute approximate surface area is 109 Å². The van der Waals surface area contributed by atoms with E-state index in [9.17, 15) is 9.50 Å². The molecule has 0 bridgehead atoms.